The van der Waals surface area contributed by atoms with Crippen LogP contribution in [0.1, 0.15) is 37.3 Å². The lowest BCUT2D eigenvalue weighted by atomic mass is 9.96. The van der Waals surface area contributed by atoms with Crippen molar-refractivity contribution in [2.24, 2.45) is 5.92 Å². The Hall–Kier alpha value is -2.62. The highest BCUT2D eigenvalue weighted by molar-refractivity contribution is 5.93. The summed E-state index contributed by atoms with van der Waals surface area (Å²) in [7, 11) is 0. The lowest BCUT2D eigenvalue weighted by molar-refractivity contribution is -0.134. The summed E-state index contributed by atoms with van der Waals surface area (Å²) in [5.74, 6) is 0.0207. The van der Waals surface area contributed by atoms with Crippen molar-refractivity contribution < 1.29 is 9.59 Å². The number of amides is 2. The van der Waals surface area contributed by atoms with Crippen LogP contribution in [0.2, 0.25) is 0 Å². The Morgan fingerprint density at radius 2 is 1.74 bits per heavy atom. The van der Waals surface area contributed by atoms with Crippen LogP contribution in [0.15, 0.2) is 54.6 Å². The Morgan fingerprint density at radius 1 is 1.04 bits per heavy atom. The summed E-state index contributed by atoms with van der Waals surface area (Å²) in [6.45, 7) is 3.41. The van der Waals surface area contributed by atoms with Crippen LogP contribution in [0, 0.1) is 5.92 Å². The third kappa shape index (κ3) is 5.43. The van der Waals surface area contributed by atoms with Gasteiger partial charge in [-0.1, -0.05) is 49.4 Å². The fraction of sp³-hybridized carbons (Fsp3) is 0.391. The molecule has 142 valence electrons. The maximum absolute atomic E-state index is 12.6. The van der Waals surface area contributed by atoms with Gasteiger partial charge < -0.3 is 10.2 Å². The maximum Gasteiger partial charge on any atom is 0.229 e. The summed E-state index contributed by atoms with van der Waals surface area (Å²) in [5.41, 5.74) is 3.31. The van der Waals surface area contributed by atoms with Gasteiger partial charge in [-0.3, -0.25) is 9.59 Å². The van der Waals surface area contributed by atoms with E-state index in [2.05, 4.69) is 36.5 Å². The monoisotopic (exact) mass is 364 g/mol. The van der Waals surface area contributed by atoms with E-state index in [1.807, 2.05) is 35.2 Å². The number of hydrogen-bond acceptors (Lipinski definition) is 2. The molecule has 2 amide bonds. The number of aryl methyl sites for hydroxylation is 2. The number of carbonyl (C=O) groups is 2. The van der Waals surface area contributed by atoms with Crippen LogP contribution in [0.3, 0.4) is 0 Å². The van der Waals surface area contributed by atoms with E-state index in [-0.39, 0.29) is 17.7 Å². The van der Waals surface area contributed by atoms with Gasteiger partial charge in [-0.2, -0.15) is 0 Å². The van der Waals surface area contributed by atoms with Gasteiger partial charge in [0.15, 0.2) is 0 Å². The molecule has 1 aliphatic heterocycles. The van der Waals surface area contributed by atoms with E-state index in [1.165, 1.54) is 11.1 Å². The van der Waals surface area contributed by atoms with Crippen LogP contribution in [0.25, 0.3) is 0 Å². The van der Waals surface area contributed by atoms with Crippen molar-refractivity contribution in [3.8, 4) is 0 Å². The van der Waals surface area contributed by atoms with E-state index in [1.54, 1.807) is 0 Å². The van der Waals surface area contributed by atoms with Crippen molar-refractivity contribution in [2.75, 3.05) is 18.4 Å². The summed E-state index contributed by atoms with van der Waals surface area (Å²) in [4.78, 5) is 27.0. The average molecular weight is 364 g/mol. The van der Waals surface area contributed by atoms with Gasteiger partial charge in [0.1, 0.15) is 0 Å². The second-order valence-corrected chi connectivity index (χ2v) is 7.20. The second-order valence-electron chi connectivity index (χ2n) is 7.20. The van der Waals surface area contributed by atoms with E-state index in [0.717, 1.165) is 37.9 Å². The zero-order valence-electron chi connectivity index (χ0n) is 16.0. The molecule has 1 unspecified atom stereocenters. The SMILES string of the molecule is CCc1ccc(CCC(=O)N2CCCC(C(=O)Nc3ccccc3)C2)cc1. The number of nitrogens with zero attached hydrogens (tertiary/aromatic N) is 1. The first-order valence-corrected chi connectivity index (χ1v) is 9.87. The molecule has 2 aromatic carbocycles. The van der Waals surface area contributed by atoms with E-state index >= 15 is 0 Å². The molecule has 0 bridgehead atoms. The number of nitrogens with one attached hydrogen (secondary N) is 1. The van der Waals surface area contributed by atoms with Gasteiger partial charge in [-0.05, 0) is 48.9 Å². The van der Waals surface area contributed by atoms with Crippen molar-refractivity contribution in [2.45, 2.75) is 39.0 Å². The normalized spacial score (nSPS) is 16.8. The van der Waals surface area contributed by atoms with E-state index in [4.69, 9.17) is 0 Å². The largest absolute Gasteiger partial charge is 0.342 e. The predicted molar refractivity (Wildman–Crippen MR) is 109 cm³/mol. The molecule has 27 heavy (non-hydrogen) atoms. The number of para-hydroxylation sites is 1. The summed E-state index contributed by atoms with van der Waals surface area (Å²) in [6.07, 6.45) is 3.99. The predicted octanol–water partition coefficient (Wildman–Crippen LogP) is 4.06. The molecule has 1 aliphatic rings. The average Bonchev–Trinajstić information content (AvgIpc) is 2.73. The smallest absolute Gasteiger partial charge is 0.229 e. The minimum absolute atomic E-state index is 0.00820. The minimum Gasteiger partial charge on any atom is -0.342 e. The highest BCUT2D eigenvalue weighted by Crippen LogP contribution is 2.20. The van der Waals surface area contributed by atoms with Crippen LogP contribution >= 0.6 is 0 Å². The quantitative estimate of drug-likeness (QED) is 0.840. The number of carbonyl (C=O) groups excluding carboxylic acids is 2. The maximum atomic E-state index is 12.6. The lowest BCUT2D eigenvalue weighted by Crippen LogP contribution is -2.43. The fourth-order valence-corrected chi connectivity index (χ4v) is 3.53. The Balaban J connectivity index is 1.50. The molecular formula is C23H28N2O2. The number of piperidine rings is 1. The molecule has 4 heteroatoms. The summed E-state index contributed by atoms with van der Waals surface area (Å²) in [5, 5.41) is 2.96. The summed E-state index contributed by atoms with van der Waals surface area (Å²) >= 11 is 0. The van der Waals surface area contributed by atoms with Gasteiger partial charge in [0.25, 0.3) is 0 Å². The molecule has 1 atom stereocenters. The number of benzene rings is 2. The summed E-state index contributed by atoms with van der Waals surface area (Å²) in [6, 6.07) is 18.0. The minimum atomic E-state index is -0.133. The standard InChI is InChI=1S/C23H28N2O2/c1-2-18-10-12-19(13-11-18)14-15-22(26)25-16-6-7-20(17-25)23(27)24-21-8-4-3-5-9-21/h3-5,8-13,20H,2,6-7,14-17H2,1H3,(H,24,27). The molecule has 1 heterocycles. The van der Waals surface area contributed by atoms with Crippen LogP contribution in [-0.4, -0.2) is 29.8 Å². The molecule has 0 spiro atoms. The topological polar surface area (TPSA) is 49.4 Å². The van der Waals surface area contributed by atoms with E-state index < -0.39 is 0 Å². The van der Waals surface area contributed by atoms with E-state index in [9.17, 15) is 9.59 Å². The van der Waals surface area contributed by atoms with Crippen molar-refractivity contribution in [1.82, 2.24) is 4.90 Å². The molecule has 4 nitrogen and oxygen atoms in total. The van der Waals surface area contributed by atoms with Gasteiger partial charge in [0, 0.05) is 25.2 Å². The van der Waals surface area contributed by atoms with Crippen molar-refractivity contribution in [3.05, 3.63) is 65.7 Å². The molecule has 1 saturated heterocycles. The van der Waals surface area contributed by atoms with E-state index in [0.29, 0.717) is 13.0 Å². The number of likely N-dealkylation sites (tertiary alicyclic amines) is 1. The van der Waals surface area contributed by atoms with Crippen molar-refractivity contribution in [3.63, 3.8) is 0 Å². The van der Waals surface area contributed by atoms with Gasteiger partial charge in [-0.15, -0.1) is 0 Å². The molecular weight excluding hydrogens is 336 g/mol. The first-order valence-electron chi connectivity index (χ1n) is 9.87. The molecule has 1 fully saturated rings. The lowest BCUT2D eigenvalue weighted by Gasteiger charge is -2.32. The molecule has 0 radical (unpaired) electrons. The van der Waals surface area contributed by atoms with Crippen LogP contribution in [-0.2, 0) is 22.4 Å². The number of anilines is 1. The molecule has 0 aromatic heterocycles. The molecule has 1 N–H and O–H groups in total. The third-order valence-corrected chi connectivity index (χ3v) is 5.24. The Bertz CT molecular complexity index is 756. The highest BCUT2D eigenvalue weighted by atomic mass is 16.2. The van der Waals surface area contributed by atoms with Gasteiger partial charge >= 0.3 is 0 Å². The van der Waals surface area contributed by atoms with Gasteiger partial charge in [0.05, 0.1) is 5.92 Å². The molecule has 0 aliphatic carbocycles. The Kier molecular flexibility index (Phi) is 6.64. The Labute approximate surface area is 161 Å². The molecule has 3 rings (SSSR count). The van der Waals surface area contributed by atoms with Gasteiger partial charge in [0.2, 0.25) is 11.8 Å². The molecule has 2 aromatic rings. The number of hydrogen-bond donors (Lipinski definition) is 1. The van der Waals surface area contributed by atoms with Crippen LogP contribution < -0.4 is 5.32 Å². The third-order valence-electron chi connectivity index (χ3n) is 5.24. The van der Waals surface area contributed by atoms with Crippen molar-refractivity contribution >= 4 is 17.5 Å². The van der Waals surface area contributed by atoms with Crippen LogP contribution in [0.5, 0.6) is 0 Å². The van der Waals surface area contributed by atoms with Gasteiger partial charge in [-0.25, -0.2) is 0 Å². The summed E-state index contributed by atoms with van der Waals surface area (Å²) < 4.78 is 0. The zero-order chi connectivity index (χ0) is 19.1. The fourth-order valence-electron chi connectivity index (χ4n) is 3.53. The van der Waals surface area contributed by atoms with Crippen LogP contribution in [0.4, 0.5) is 5.69 Å². The Morgan fingerprint density at radius 3 is 2.44 bits per heavy atom. The number of rotatable bonds is 6. The zero-order valence-corrected chi connectivity index (χ0v) is 16.0. The molecule has 0 saturated carbocycles. The second kappa shape index (κ2) is 9.36. The first-order chi connectivity index (χ1) is 13.2. The first kappa shape index (κ1) is 19.2. The van der Waals surface area contributed by atoms with Crippen molar-refractivity contribution in [1.29, 1.82) is 0 Å². The highest BCUT2D eigenvalue weighted by Gasteiger charge is 2.28.